The number of benzene rings is 1. The minimum Gasteiger partial charge on any atom is -0.233 e. The maximum Gasteiger partial charge on any atom is 0.148 e. The molecule has 1 aromatic heterocycles. The molecule has 17 heavy (non-hydrogen) atoms. The molecule has 5 heteroatoms. The Kier molecular flexibility index (Phi) is 3.54. The number of hydrogen-bond donors (Lipinski definition) is 0. The molecule has 0 spiro atoms. The highest BCUT2D eigenvalue weighted by Gasteiger charge is 2.10. The van der Waals surface area contributed by atoms with Gasteiger partial charge in [-0.1, -0.05) is 46.9 Å². The van der Waals surface area contributed by atoms with Crippen LogP contribution in [0.4, 0.5) is 0 Å². The maximum absolute atomic E-state index is 8.83. The molecule has 2 nitrogen and oxygen atoms in total. The molecule has 1 aromatic carbocycles. The van der Waals surface area contributed by atoms with Gasteiger partial charge in [-0.05, 0) is 18.2 Å². The van der Waals surface area contributed by atoms with Gasteiger partial charge in [0, 0.05) is 5.56 Å². The largest absolute Gasteiger partial charge is 0.233 e. The summed E-state index contributed by atoms with van der Waals surface area (Å²) in [4.78, 5) is 4.11. The summed E-state index contributed by atoms with van der Waals surface area (Å²) in [5.41, 5.74) is 1.78. The Labute approximate surface area is 113 Å². The van der Waals surface area contributed by atoms with E-state index in [9.17, 15) is 0 Å². The first-order chi connectivity index (χ1) is 8.11. The van der Waals surface area contributed by atoms with E-state index in [1.165, 1.54) is 6.07 Å². The highest BCUT2D eigenvalue weighted by molar-refractivity contribution is 6.42. The van der Waals surface area contributed by atoms with Gasteiger partial charge in [0.05, 0.1) is 27.4 Å². The monoisotopic (exact) mass is 282 g/mol. The van der Waals surface area contributed by atoms with Crippen LogP contribution in [-0.2, 0) is 0 Å². The quantitative estimate of drug-likeness (QED) is 0.718. The Balaban J connectivity index is 2.61. The van der Waals surface area contributed by atoms with Gasteiger partial charge < -0.3 is 0 Å². The van der Waals surface area contributed by atoms with Crippen LogP contribution >= 0.6 is 34.8 Å². The average molecular weight is 284 g/mol. The van der Waals surface area contributed by atoms with Crippen LogP contribution in [0.15, 0.2) is 30.3 Å². The third kappa shape index (κ3) is 2.53. The molecule has 84 valence electrons. The van der Waals surface area contributed by atoms with Crippen LogP contribution < -0.4 is 0 Å². The predicted molar refractivity (Wildman–Crippen MR) is 69.4 cm³/mol. The third-order valence-corrected chi connectivity index (χ3v) is 3.11. The molecule has 0 aliphatic carbocycles. The first-order valence-electron chi connectivity index (χ1n) is 4.64. The van der Waals surface area contributed by atoms with Crippen LogP contribution in [0.25, 0.3) is 11.3 Å². The van der Waals surface area contributed by atoms with Crippen molar-refractivity contribution in [2.75, 3.05) is 0 Å². The average Bonchev–Trinajstić information content (AvgIpc) is 2.34. The molecular weight excluding hydrogens is 279 g/mol. The fourth-order valence-corrected chi connectivity index (χ4v) is 1.99. The lowest BCUT2D eigenvalue weighted by Crippen LogP contribution is -1.88. The standard InChI is InChI=1S/C12H5Cl3N2/c13-9-5-10(14)12(15)17-11(9)8-3-1-2-7(4-8)6-16/h1-5H. The Morgan fingerprint density at radius 2 is 1.82 bits per heavy atom. The minimum atomic E-state index is 0.188. The molecule has 0 fully saturated rings. The smallest absolute Gasteiger partial charge is 0.148 e. The number of halogens is 3. The van der Waals surface area contributed by atoms with Crippen molar-refractivity contribution in [2.45, 2.75) is 0 Å². The van der Waals surface area contributed by atoms with E-state index in [0.717, 1.165) is 5.56 Å². The molecule has 0 radical (unpaired) electrons. The number of nitriles is 1. The Hall–Kier alpha value is -1.27. The Morgan fingerprint density at radius 1 is 1.06 bits per heavy atom. The molecule has 0 aliphatic heterocycles. The van der Waals surface area contributed by atoms with Gasteiger partial charge >= 0.3 is 0 Å². The van der Waals surface area contributed by atoms with Gasteiger partial charge in [0.25, 0.3) is 0 Å². The molecule has 0 bridgehead atoms. The van der Waals surface area contributed by atoms with Gasteiger partial charge in [0.1, 0.15) is 5.15 Å². The van der Waals surface area contributed by atoms with Crippen LogP contribution in [0, 0.1) is 11.3 Å². The van der Waals surface area contributed by atoms with E-state index in [1.54, 1.807) is 24.3 Å². The van der Waals surface area contributed by atoms with Crippen molar-refractivity contribution in [3.05, 3.63) is 51.1 Å². The van der Waals surface area contributed by atoms with Crippen molar-refractivity contribution in [2.24, 2.45) is 0 Å². The maximum atomic E-state index is 8.83. The number of pyridine rings is 1. The summed E-state index contributed by atoms with van der Waals surface area (Å²) in [6.45, 7) is 0. The predicted octanol–water partition coefficient (Wildman–Crippen LogP) is 4.58. The first-order valence-corrected chi connectivity index (χ1v) is 5.77. The first kappa shape index (κ1) is 12.2. The van der Waals surface area contributed by atoms with E-state index in [2.05, 4.69) is 11.1 Å². The molecular formula is C12H5Cl3N2. The van der Waals surface area contributed by atoms with E-state index >= 15 is 0 Å². The highest BCUT2D eigenvalue weighted by Crippen LogP contribution is 2.32. The molecule has 2 aromatic rings. The summed E-state index contributed by atoms with van der Waals surface area (Å²) in [5, 5.41) is 9.72. The van der Waals surface area contributed by atoms with E-state index in [4.69, 9.17) is 40.1 Å². The zero-order valence-electron chi connectivity index (χ0n) is 8.42. The van der Waals surface area contributed by atoms with Crippen LogP contribution in [0.2, 0.25) is 15.2 Å². The van der Waals surface area contributed by atoms with Crippen LogP contribution in [-0.4, -0.2) is 4.98 Å². The van der Waals surface area contributed by atoms with Gasteiger partial charge in [-0.25, -0.2) is 4.98 Å². The number of nitrogens with zero attached hydrogens (tertiary/aromatic N) is 2. The van der Waals surface area contributed by atoms with E-state index in [-0.39, 0.29) is 5.15 Å². The summed E-state index contributed by atoms with van der Waals surface area (Å²) in [6, 6.07) is 10.5. The second-order valence-electron chi connectivity index (χ2n) is 3.28. The fraction of sp³-hybridized carbons (Fsp3) is 0. The number of rotatable bonds is 1. The summed E-state index contributed by atoms with van der Waals surface area (Å²) in [6.07, 6.45) is 0. The Morgan fingerprint density at radius 3 is 2.53 bits per heavy atom. The minimum absolute atomic E-state index is 0.188. The molecule has 0 N–H and O–H groups in total. The molecule has 0 aliphatic rings. The van der Waals surface area contributed by atoms with Crippen molar-refractivity contribution in [1.82, 2.24) is 4.98 Å². The molecule has 2 rings (SSSR count). The SMILES string of the molecule is N#Cc1cccc(-c2nc(Cl)c(Cl)cc2Cl)c1. The van der Waals surface area contributed by atoms with Crippen LogP contribution in [0.3, 0.4) is 0 Å². The number of aromatic nitrogens is 1. The van der Waals surface area contributed by atoms with Crippen molar-refractivity contribution in [1.29, 1.82) is 5.26 Å². The molecule has 0 atom stereocenters. The van der Waals surface area contributed by atoms with Crippen LogP contribution in [0.1, 0.15) is 5.56 Å². The van der Waals surface area contributed by atoms with Crippen molar-refractivity contribution in [3.63, 3.8) is 0 Å². The Bertz CT molecular complexity index is 618. The van der Waals surface area contributed by atoms with Gasteiger partial charge in [-0.15, -0.1) is 0 Å². The normalized spacial score (nSPS) is 10.0. The van der Waals surface area contributed by atoms with Gasteiger partial charge in [0.2, 0.25) is 0 Å². The van der Waals surface area contributed by atoms with Crippen LogP contribution in [0.5, 0.6) is 0 Å². The second-order valence-corrected chi connectivity index (χ2v) is 4.46. The highest BCUT2D eigenvalue weighted by atomic mass is 35.5. The fourth-order valence-electron chi connectivity index (χ4n) is 1.38. The summed E-state index contributed by atoms with van der Waals surface area (Å²) >= 11 is 17.7. The number of hydrogen-bond acceptors (Lipinski definition) is 2. The molecule has 0 saturated carbocycles. The van der Waals surface area contributed by atoms with Gasteiger partial charge in [0.15, 0.2) is 0 Å². The van der Waals surface area contributed by atoms with Crippen molar-refractivity contribution in [3.8, 4) is 17.3 Å². The summed E-state index contributed by atoms with van der Waals surface area (Å²) in [5.74, 6) is 0. The summed E-state index contributed by atoms with van der Waals surface area (Å²) in [7, 11) is 0. The van der Waals surface area contributed by atoms with E-state index in [1.807, 2.05) is 0 Å². The van der Waals surface area contributed by atoms with E-state index in [0.29, 0.717) is 21.3 Å². The van der Waals surface area contributed by atoms with Gasteiger partial charge in [-0.3, -0.25) is 0 Å². The van der Waals surface area contributed by atoms with Crippen molar-refractivity contribution < 1.29 is 0 Å². The van der Waals surface area contributed by atoms with E-state index < -0.39 is 0 Å². The third-order valence-electron chi connectivity index (χ3n) is 2.15. The second kappa shape index (κ2) is 4.93. The molecule has 0 unspecified atom stereocenters. The zero-order chi connectivity index (χ0) is 12.4. The lowest BCUT2D eigenvalue weighted by Gasteiger charge is -2.05. The van der Waals surface area contributed by atoms with Crippen molar-refractivity contribution >= 4 is 34.8 Å². The summed E-state index contributed by atoms with van der Waals surface area (Å²) < 4.78 is 0. The zero-order valence-corrected chi connectivity index (χ0v) is 10.7. The molecule has 0 amide bonds. The molecule has 0 saturated heterocycles. The van der Waals surface area contributed by atoms with Gasteiger partial charge in [-0.2, -0.15) is 5.26 Å². The lowest BCUT2D eigenvalue weighted by molar-refractivity contribution is 1.32. The lowest BCUT2D eigenvalue weighted by atomic mass is 10.1. The molecule has 1 heterocycles. The topological polar surface area (TPSA) is 36.7 Å².